The summed E-state index contributed by atoms with van der Waals surface area (Å²) < 4.78 is 0. The van der Waals surface area contributed by atoms with E-state index in [0.717, 1.165) is 38.8 Å². The SMILES string of the molecule is CC(NCCCCCCCCCCCCNC(C)C(=O)N1C=CC(C(N)=O)=CC1)C(=O)N1C=CC(C(N)=O)=CC1. The highest BCUT2D eigenvalue weighted by Gasteiger charge is 2.21. The average Bonchev–Trinajstić information content (AvgIpc) is 2.96. The van der Waals surface area contributed by atoms with Crippen molar-refractivity contribution < 1.29 is 19.2 Å². The molecule has 2 atom stereocenters. The lowest BCUT2D eigenvalue weighted by atomic mass is 10.1. The molecule has 4 amide bonds. The maximum Gasteiger partial charge on any atom is 0.248 e. The smallest absolute Gasteiger partial charge is 0.248 e. The largest absolute Gasteiger partial charge is 0.366 e. The first-order valence-corrected chi connectivity index (χ1v) is 14.6. The number of nitrogens with two attached hydrogens (primary N) is 2. The first kappa shape index (κ1) is 33.0. The number of rotatable bonds is 19. The van der Waals surface area contributed by atoms with E-state index < -0.39 is 11.8 Å². The summed E-state index contributed by atoms with van der Waals surface area (Å²) in [6.45, 7) is 6.10. The van der Waals surface area contributed by atoms with Crippen molar-refractivity contribution in [3.8, 4) is 0 Å². The molecule has 2 rings (SSSR count). The summed E-state index contributed by atoms with van der Waals surface area (Å²) >= 11 is 0. The van der Waals surface area contributed by atoms with Crippen LogP contribution in [0.25, 0.3) is 0 Å². The molecule has 222 valence electrons. The molecule has 0 bridgehead atoms. The standard InChI is InChI=1S/C30H48N6O4/c1-23(29(39)35-19-13-25(14-20-35)27(31)37)33-17-11-9-7-5-3-4-6-8-10-12-18-34-24(2)30(40)36-21-15-26(16-22-36)28(32)38/h13-16,19,21,23-24,33-34H,3-12,17-18,20,22H2,1-2H3,(H2,31,37)(H2,32,38). The van der Waals surface area contributed by atoms with Gasteiger partial charge in [-0.2, -0.15) is 0 Å². The summed E-state index contributed by atoms with van der Waals surface area (Å²) in [5.41, 5.74) is 11.4. The second-order valence-corrected chi connectivity index (χ2v) is 10.5. The van der Waals surface area contributed by atoms with Gasteiger partial charge in [0.2, 0.25) is 23.6 Å². The zero-order valence-corrected chi connectivity index (χ0v) is 24.2. The van der Waals surface area contributed by atoms with E-state index in [1.165, 1.54) is 38.5 Å². The van der Waals surface area contributed by atoms with E-state index in [2.05, 4.69) is 10.6 Å². The number of nitrogens with one attached hydrogen (secondary N) is 2. The minimum atomic E-state index is -0.479. The number of nitrogens with zero attached hydrogens (tertiary/aromatic N) is 2. The number of hydrogen-bond donors (Lipinski definition) is 4. The van der Waals surface area contributed by atoms with Gasteiger partial charge in [-0.15, -0.1) is 0 Å². The van der Waals surface area contributed by atoms with Crippen LogP contribution in [0.1, 0.15) is 78.1 Å². The molecule has 2 aliphatic heterocycles. The van der Waals surface area contributed by atoms with Gasteiger partial charge in [0.1, 0.15) is 0 Å². The topological polar surface area (TPSA) is 151 Å². The Bertz CT molecular complexity index is 909. The molecule has 0 saturated carbocycles. The van der Waals surface area contributed by atoms with E-state index in [1.807, 2.05) is 13.8 Å². The van der Waals surface area contributed by atoms with Gasteiger partial charge in [-0.1, -0.05) is 63.5 Å². The van der Waals surface area contributed by atoms with Crippen LogP contribution in [-0.2, 0) is 19.2 Å². The van der Waals surface area contributed by atoms with E-state index >= 15 is 0 Å². The second-order valence-electron chi connectivity index (χ2n) is 10.5. The molecular formula is C30H48N6O4. The van der Waals surface area contributed by atoms with Crippen molar-refractivity contribution in [2.45, 2.75) is 90.1 Å². The van der Waals surface area contributed by atoms with E-state index in [9.17, 15) is 19.2 Å². The molecule has 2 unspecified atom stereocenters. The number of unbranched alkanes of at least 4 members (excludes halogenated alkanes) is 9. The summed E-state index contributed by atoms with van der Waals surface area (Å²) in [6, 6.07) is -0.538. The summed E-state index contributed by atoms with van der Waals surface area (Å²) in [5, 5.41) is 6.60. The Labute approximate surface area is 238 Å². The number of amides is 4. The molecule has 0 aromatic heterocycles. The summed E-state index contributed by atoms with van der Waals surface area (Å²) in [7, 11) is 0. The van der Waals surface area contributed by atoms with Crippen molar-refractivity contribution in [1.82, 2.24) is 20.4 Å². The lowest BCUT2D eigenvalue weighted by Crippen LogP contribution is -2.43. The Hall–Kier alpha value is -3.24. The lowest BCUT2D eigenvalue weighted by Gasteiger charge is -2.24. The van der Waals surface area contributed by atoms with Crippen molar-refractivity contribution in [3.05, 3.63) is 47.9 Å². The highest BCUT2D eigenvalue weighted by molar-refractivity contribution is 5.96. The van der Waals surface area contributed by atoms with Gasteiger partial charge in [-0.3, -0.25) is 19.2 Å². The summed E-state index contributed by atoms with van der Waals surface area (Å²) in [6.07, 6.45) is 21.6. The minimum Gasteiger partial charge on any atom is -0.366 e. The van der Waals surface area contributed by atoms with E-state index in [1.54, 1.807) is 46.5 Å². The van der Waals surface area contributed by atoms with Crippen LogP contribution >= 0.6 is 0 Å². The van der Waals surface area contributed by atoms with Crippen molar-refractivity contribution in [1.29, 1.82) is 0 Å². The van der Waals surface area contributed by atoms with Gasteiger partial charge in [0.05, 0.1) is 12.1 Å². The summed E-state index contributed by atoms with van der Waals surface area (Å²) in [4.78, 5) is 50.5. The van der Waals surface area contributed by atoms with Crippen LogP contribution in [0.5, 0.6) is 0 Å². The maximum absolute atomic E-state index is 12.5. The number of carbonyl (C=O) groups excluding carboxylic acids is 4. The molecule has 0 saturated heterocycles. The Kier molecular flexibility index (Phi) is 15.0. The van der Waals surface area contributed by atoms with Crippen LogP contribution < -0.4 is 22.1 Å². The van der Waals surface area contributed by atoms with Crippen molar-refractivity contribution in [2.24, 2.45) is 11.5 Å². The average molecular weight is 557 g/mol. The van der Waals surface area contributed by atoms with Gasteiger partial charge >= 0.3 is 0 Å². The van der Waals surface area contributed by atoms with Gasteiger partial charge in [0, 0.05) is 36.6 Å². The molecule has 10 nitrogen and oxygen atoms in total. The maximum atomic E-state index is 12.5. The first-order valence-electron chi connectivity index (χ1n) is 14.6. The molecule has 2 aliphatic rings. The Morgan fingerprint density at radius 1 is 0.650 bits per heavy atom. The van der Waals surface area contributed by atoms with Gasteiger partial charge in [0.15, 0.2) is 0 Å². The molecule has 6 N–H and O–H groups in total. The third kappa shape index (κ3) is 11.9. The van der Waals surface area contributed by atoms with Crippen LogP contribution in [0.3, 0.4) is 0 Å². The van der Waals surface area contributed by atoms with Crippen LogP contribution in [0.4, 0.5) is 0 Å². The number of hydrogen-bond acceptors (Lipinski definition) is 6. The highest BCUT2D eigenvalue weighted by Crippen LogP contribution is 2.12. The number of carbonyl (C=O) groups is 4. The van der Waals surface area contributed by atoms with Crippen LogP contribution in [0.2, 0.25) is 0 Å². The second kappa shape index (κ2) is 18.2. The van der Waals surface area contributed by atoms with E-state index in [4.69, 9.17) is 11.5 Å². The molecule has 10 heteroatoms. The van der Waals surface area contributed by atoms with Crippen molar-refractivity contribution in [3.63, 3.8) is 0 Å². The third-order valence-corrected chi connectivity index (χ3v) is 7.26. The fourth-order valence-electron chi connectivity index (χ4n) is 4.66. The molecular weight excluding hydrogens is 508 g/mol. The predicted octanol–water partition coefficient (Wildman–Crippen LogP) is 2.38. The minimum absolute atomic E-state index is 0.0105. The van der Waals surface area contributed by atoms with Gasteiger partial charge in [-0.25, -0.2) is 0 Å². The normalized spacial score (nSPS) is 16.4. The van der Waals surface area contributed by atoms with Crippen molar-refractivity contribution in [2.75, 3.05) is 26.2 Å². The van der Waals surface area contributed by atoms with E-state index in [0.29, 0.717) is 24.2 Å². The number of primary amides is 2. The van der Waals surface area contributed by atoms with Crippen molar-refractivity contribution >= 4 is 23.6 Å². The molecule has 0 spiro atoms. The van der Waals surface area contributed by atoms with Crippen LogP contribution in [-0.4, -0.2) is 71.7 Å². The zero-order valence-electron chi connectivity index (χ0n) is 24.2. The summed E-state index contributed by atoms with van der Waals surface area (Å²) in [5.74, 6) is -0.978. The molecule has 0 radical (unpaired) electrons. The van der Waals surface area contributed by atoms with Crippen LogP contribution in [0, 0.1) is 0 Å². The quantitative estimate of drug-likeness (QED) is 0.179. The van der Waals surface area contributed by atoms with Crippen LogP contribution in [0.15, 0.2) is 47.9 Å². The lowest BCUT2D eigenvalue weighted by molar-refractivity contribution is -0.130. The van der Waals surface area contributed by atoms with E-state index in [-0.39, 0.29) is 23.9 Å². The molecule has 0 aliphatic carbocycles. The molecule has 2 heterocycles. The monoisotopic (exact) mass is 556 g/mol. The van der Waals surface area contributed by atoms with Gasteiger partial charge < -0.3 is 31.9 Å². The molecule has 0 fully saturated rings. The highest BCUT2D eigenvalue weighted by atomic mass is 16.2. The first-order chi connectivity index (χ1) is 19.2. The zero-order chi connectivity index (χ0) is 29.3. The Balaban J connectivity index is 1.38. The van der Waals surface area contributed by atoms with Gasteiger partial charge in [0.25, 0.3) is 0 Å². The fourth-order valence-corrected chi connectivity index (χ4v) is 4.66. The third-order valence-electron chi connectivity index (χ3n) is 7.26. The Morgan fingerprint density at radius 2 is 0.975 bits per heavy atom. The molecule has 40 heavy (non-hydrogen) atoms. The van der Waals surface area contributed by atoms with Gasteiger partial charge in [-0.05, 0) is 51.9 Å². The predicted molar refractivity (Wildman–Crippen MR) is 157 cm³/mol. The molecule has 0 aromatic carbocycles. The Morgan fingerprint density at radius 3 is 1.25 bits per heavy atom. The molecule has 0 aromatic rings. The fraction of sp³-hybridized carbons (Fsp3) is 0.600.